The van der Waals surface area contributed by atoms with E-state index in [0.29, 0.717) is 18.7 Å². The lowest BCUT2D eigenvalue weighted by atomic mass is 10.1. The standard InChI is InChI=1S/C27H38N2O4/c1-9-23(26(31)28-27(5,6)7)29(16-21-10-12-22(32-8)13-11-21)25(30)17-33-24-15-18(2)14-19(3)20(24)4/h10-15,23H,9,16-17H2,1-8H3,(H,28,31)/t23-/m1/s1. The summed E-state index contributed by atoms with van der Waals surface area (Å²) in [6, 6.07) is 10.9. The molecule has 0 saturated carbocycles. The second-order valence-electron chi connectivity index (χ2n) is 9.53. The lowest BCUT2D eigenvalue weighted by molar-refractivity contribution is -0.143. The minimum Gasteiger partial charge on any atom is -0.497 e. The van der Waals surface area contributed by atoms with Gasteiger partial charge in [0, 0.05) is 12.1 Å². The van der Waals surface area contributed by atoms with Crippen LogP contribution in [0.1, 0.15) is 56.4 Å². The molecule has 2 aromatic rings. The van der Waals surface area contributed by atoms with E-state index in [4.69, 9.17) is 9.47 Å². The minimum atomic E-state index is -0.609. The molecule has 0 saturated heterocycles. The van der Waals surface area contributed by atoms with Gasteiger partial charge in [0.2, 0.25) is 5.91 Å². The largest absolute Gasteiger partial charge is 0.497 e. The Bertz CT molecular complexity index is 961. The summed E-state index contributed by atoms with van der Waals surface area (Å²) in [6.45, 7) is 13.9. The summed E-state index contributed by atoms with van der Waals surface area (Å²) in [7, 11) is 1.61. The maximum atomic E-state index is 13.4. The summed E-state index contributed by atoms with van der Waals surface area (Å²) in [5.74, 6) is 1.02. The first-order chi connectivity index (χ1) is 15.4. The van der Waals surface area contributed by atoms with Crippen LogP contribution < -0.4 is 14.8 Å². The zero-order valence-electron chi connectivity index (χ0n) is 21.2. The Morgan fingerprint density at radius 3 is 2.24 bits per heavy atom. The maximum absolute atomic E-state index is 13.4. The van der Waals surface area contributed by atoms with E-state index in [2.05, 4.69) is 11.4 Å². The van der Waals surface area contributed by atoms with Crippen LogP contribution in [0, 0.1) is 20.8 Å². The van der Waals surface area contributed by atoms with E-state index in [9.17, 15) is 9.59 Å². The normalized spacial score (nSPS) is 12.1. The van der Waals surface area contributed by atoms with Crippen molar-refractivity contribution in [3.05, 3.63) is 58.7 Å². The first-order valence-corrected chi connectivity index (χ1v) is 11.4. The van der Waals surface area contributed by atoms with Crippen LogP contribution in [0.2, 0.25) is 0 Å². The molecule has 1 N–H and O–H groups in total. The number of aryl methyl sites for hydroxylation is 2. The van der Waals surface area contributed by atoms with Crippen LogP contribution in [0.4, 0.5) is 0 Å². The van der Waals surface area contributed by atoms with Crippen molar-refractivity contribution in [1.82, 2.24) is 10.2 Å². The quantitative estimate of drug-likeness (QED) is 0.595. The molecule has 0 radical (unpaired) electrons. The molecule has 0 aliphatic heterocycles. The van der Waals surface area contributed by atoms with Gasteiger partial charge in [0.15, 0.2) is 6.61 Å². The lowest BCUT2D eigenvalue weighted by Gasteiger charge is -2.33. The number of ether oxygens (including phenoxy) is 2. The van der Waals surface area contributed by atoms with Crippen LogP contribution >= 0.6 is 0 Å². The van der Waals surface area contributed by atoms with Gasteiger partial charge in [-0.15, -0.1) is 0 Å². The third-order valence-electron chi connectivity index (χ3n) is 5.51. The van der Waals surface area contributed by atoms with E-state index in [1.54, 1.807) is 12.0 Å². The predicted molar refractivity (Wildman–Crippen MR) is 132 cm³/mol. The van der Waals surface area contributed by atoms with Gasteiger partial charge in [-0.3, -0.25) is 9.59 Å². The van der Waals surface area contributed by atoms with E-state index in [1.807, 2.05) is 78.8 Å². The van der Waals surface area contributed by atoms with Gasteiger partial charge >= 0.3 is 0 Å². The topological polar surface area (TPSA) is 67.9 Å². The molecule has 0 aromatic heterocycles. The van der Waals surface area contributed by atoms with E-state index in [1.165, 1.54) is 0 Å². The molecule has 6 heteroatoms. The molecular weight excluding hydrogens is 416 g/mol. The van der Waals surface area contributed by atoms with Crippen molar-refractivity contribution < 1.29 is 19.1 Å². The first-order valence-electron chi connectivity index (χ1n) is 11.4. The Labute approximate surface area is 198 Å². The van der Waals surface area contributed by atoms with Crippen LogP contribution in [-0.2, 0) is 16.1 Å². The number of nitrogens with one attached hydrogen (secondary N) is 1. The smallest absolute Gasteiger partial charge is 0.261 e. The minimum absolute atomic E-state index is 0.140. The Kier molecular flexibility index (Phi) is 8.91. The third kappa shape index (κ3) is 7.52. The number of carbonyl (C=O) groups is 2. The molecule has 0 heterocycles. The predicted octanol–water partition coefficient (Wildman–Crippen LogP) is 4.72. The summed E-state index contributed by atoms with van der Waals surface area (Å²) >= 11 is 0. The second-order valence-corrected chi connectivity index (χ2v) is 9.53. The maximum Gasteiger partial charge on any atom is 0.261 e. The fraction of sp³-hybridized carbons (Fsp3) is 0.481. The van der Waals surface area contributed by atoms with Gasteiger partial charge < -0.3 is 19.7 Å². The zero-order valence-corrected chi connectivity index (χ0v) is 21.2. The molecule has 0 aliphatic carbocycles. The molecule has 0 bridgehead atoms. The number of hydrogen-bond donors (Lipinski definition) is 1. The Morgan fingerprint density at radius 1 is 1.06 bits per heavy atom. The number of hydrogen-bond acceptors (Lipinski definition) is 4. The van der Waals surface area contributed by atoms with Crippen molar-refractivity contribution in [3.8, 4) is 11.5 Å². The molecule has 2 amide bonds. The summed E-state index contributed by atoms with van der Waals surface area (Å²) in [5, 5.41) is 3.01. The summed E-state index contributed by atoms with van der Waals surface area (Å²) < 4.78 is 11.2. The Balaban J connectivity index is 2.29. The summed E-state index contributed by atoms with van der Waals surface area (Å²) in [5.41, 5.74) is 3.71. The van der Waals surface area contributed by atoms with Crippen molar-refractivity contribution in [2.75, 3.05) is 13.7 Å². The van der Waals surface area contributed by atoms with Gasteiger partial charge in [0.05, 0.1) is 7.11 Å². The highest BCUT2D eigenvalue weighted by molar-refractivity contribution is 5.88. The molecule has 2 rings (SSSR count). The van der Waals surface area contributed by atoms with Gasteiger partial charge in [-0.1, -0.05) is 25.1 Å². The summed E-state index contributed by atoms with van der Waals surface area (Å²) in [4.78, 5) is 28.1. The highest BCUT2D eigenvalue weighted by Gasteiger charge is 2.31. The molecule has 2 aromatic carbocycles. The van der Waals surface area contributed by atoms with Crippen molar-refractivity contribution in [2.24, 2.45) is 0 Å². The molecule has 0 aliphatic rings. The molecule has 1 atom stereocenters. The van der Waals surface area contributed by atoms with Gasteiger partial charge in [0.25, 0.3) is 5.91 Å². The molecular formula is C27H38N2O4. The molecule has 6 nitrogen and oxygen atoms in total. The first kappa shape index (κ1) is 26.2. The molecule has 0 fully saturated rings. The Morgan fingerprint density at radius 2 is 1.70 bits per heavy atom. The average Bonchev–Trinajstić information content (AvgIpc) is 2.74. The molecule has 33 heavy (non-hydrogen) atoms. The van der Waals surface area contributed by atoms with Crippen LogP contribution in [0.15, 0.2) is 36.4 Å². The second kappa shape index (κ2) is 11.2. The number of rotatable bonds is 9. The monoisotopic (exact) mass is 454 g/mol. The highest BCUT2D eigenvalue weighted by atomic mass is 16.5. The number of amides is 2. The molecule has 0 spiro atoms. The van der Waals surface area contributed by atoms with Crippen LogP contribution in [0.5, 0.6) is 11.5 Å². The van der Waals surface area contributed by atoms with Crippen LogP contribution in [0.3, 0.4) is 0 Å². The number of nitrogens with zero attached hydrogens (tertiary/aromatic N) is 1. The number of carbonyl (C=O) groups excluding carboxylic acids is 2. The Hall–Kier alpha value is -3.02. The fourth-order valence-electron chi connectivity index (χ4n) is 3.67. The van der Waals surface area contributed by atoms with Gasteiger partial charge in [-0.2, -0.15) is 0 Å². The van der Waals surface area contributed by atoms with E-state index >= 15 is 0 Å². The number of benzene rings is 2. The lowest BCUT2D eigenvalue weighted by Crippen LogP contribution is -2.54. The van der Waals surface area contributed by atoms with E-state index in [-0.39, 0.29) is 18.4 Å². The third-order valence-corrected chi connectivity index (χ3v) is 5.51. The van der Waals surface area contributed by atoms with E-state index in [0.717, 1.165) is 28.0 Å². The van der Waals surface area contributed by atoms with Crippen molar-refractivity contribution >= 4 is 11.8 Å². The van der Waals surface area contributed by atoms with E-state index < -0.39 is 11.6 Å². The van der Waals surface area contributed by atoms with Gasteiger partial charge in [0.1, 0.15) is 17.5 Å². The SMILES string of the molecule is CC[C@H](C(=O)NC(C)(C)C)N(Cc1ccc(OC)cc1)C(=O)COc1cc(C)cc(C)c1C. The summed E-state index contributed by atoms with van der Waals surface area (Å²) in [6.07, 6.45) is 0.492. The number of methoxy groups -OCH3 is 1. The van der Waals surface area contributed by atoms with Crippen molar-refractivity contribution in [1.29, 1.82) is 0 Å². The highest BCUT2D eigenvalue weighted by Crippen LogP contribution is 2.24. The fourth-order valence-corrected chi connectivity index (χ4v) is 3.67. The average molecular weight is 455 g/mol. The van der Waals surface area contributed by atoms with Crippen LogP contribution in [-0.4, -0.2) is 42.0 Å². The zero-order chi connectivity index (χ0) is 24.8. The molecule has 180 valence electrons. The van der Waals surface area contributed by atoms with Gasteiger partial charge in [-0.05, 0) is 88.4 Å². The van der Waals surface area contributed by atoms with Gasteiger partial charge in [-0.25, -0.2) is 0 Å². The molecule has 0 unspecified atom stereocenters. The van der Waals surface area contributed by atoms with Crippen molar-refractivity contribution in [2.45, 2.75) is 73.0 Å². The van der Waals surface area contributed by atoms with Crippen molar-refractivity contribution in [3.63, 3.8) is 0 Å². The van der Waals surface area contributed by atoms with Crippen LogP contribution in [0.25, 0.3) is 0 Å².